The molecule has 0 fully saturated rings. The maximum absolute atomic E-state index is 11.0. The van der Waals surface area contributed by atoms with Crippen LogP contribution in [0.3, 0.4) is 0 Å². The van der Waals surface area contributed by atoms with Crippen LogP contribution in [0.5, 0.6) is 5.75 Å². The lowest BCUT2D eigenvalue weighted by Gasteiger charge is -2.06. The average Bonchev–Trinajstić information content (AvgIpc) is 2.25. The summed E-state index contributed by atoms with van der Waals surface area (Å²) in [6.07, 6.45) is 0. The topological polar surface area (TPSA) is 63.6 Å². The molecule has 0 radical (unpaired) electrons. The van der Waals surface area contributed by atoms with Crippen LogP contribution in [0, 0.1) is 0 Å². The summed E-state index contributed by atoms with van der Waals surface area (Å²) in [6, 6.07) is 4.77. The van der Waals surface area contributed by atoms with Crippen molar-refractivity contribution in [2.45, 2.75) is 11.8 Å². The van der Waals surface area contributed by atoms with Crippen molar-refractivity contribution in [1.82, 2.24) is 0 Å². The molecule has 0 amide bonds. The summed E-state index contributed by atoms with van der Waals surface area (Å²) in [6.45, 7) is 1.47. The van der Waals surface area contributed by atoms with Gasteiger partial charge in [-0.2, -0.15) is 0 Å². The molecule has 0 unspecified atom stereocenters. The van der Waals surface area contributed by atoms with E-state index in [2.05, 4.69) is 0 Å². The monoisotopic (exact) mass is 240 g/mol. The second kappa shape index (κ2) is 5.55. The van der Waals surface area contributed by atoms with Crippen molar-refractivity contribution in [1.29, 1.82) is 0 Å². The standard InChI is InChI=1S/C11H12O4S/c1-7(12)6-16-10-4-3-8(15-2)5-9(10)11(13)14/h3-5H,6H2,1-2H3,(H,13,14). The molecule has 1 N–H and O–H groups in total. The van der Waals surface area contributed by atoms with E-state index in [-0.39, 0.29) is 17.1 Å². The van der Waals surface area contributed by atoms with Crippen LogP contribution in [0.15, 0.2) is 23.1 Å². The second-order valence-corrected chi connectivity index (χ2v) is 4.18. The van der Waals surface area contributed by atoms with Gasteiger partial charge in [-0.3, -0.25) is 4.79 Å². The largest absolute Gasteiger partial charge is 0.497 e. The molecule has 0 saturated carbocycles. The van der Waals surface area contributed by atoms with E-state index >= 15 is 0 Å². The van der Waals surface area contributed by atoms with Gasteiger partial charge in [-0.25, -0.2) is 4.79 Å². The van der Waals surface area contributed by atoms with Crippen molar-refractivity contribution in [3.8, 4) is 5.75 Å². The van der Waals surface area contributed by atoms with E-state index in [0.717, 1.165) is 0 Å². The lowest BCUT2D eigenvalue weighted by atomic mass is 10.2. The van der Waals surface area contributed by atoms with Gasteiger partial charge in [-0.1, -0.05) is 0 Å². The minimum atomic E-state index is -1.02. The molecule has 16 heavy (non-hydrogen) atoms. The van der Waals surface area contributed by atoms with Crippen LogP contribution in [0.4, 0.5) is 0 Å². The lowest BCUT2D eigenvalue weighted by Crippen LogP contribution is -2.01. The van der Waals surface area contributed by atoms with Crippen LogP contribution in [-0.2, 0) is 4.79 Å². The Kier molecular flexibility index (Phi) is 4.37. The Labute approximate surface area is 97.6 Å². The molecule has 5 heteroatoms. The Morgan fingerprint density at radius 2 is 2.12 bits per heavy atom. The fourth-order valence-corrected chi connectivity index (χ4v) is 1.93. The Bertz CT molecular complexity index is 414. The Balaban J connectivity index is 2.98. The number of carboxylic acid groups (broad SMARTS) is 1. The van der Waals surface area contributed by atoms with Crippen LogP contribution >= 0.6 is 11.8 Å². The van der Waals surface area contributed by atoms with Crippen LogP contribution in [0.2, 0.25) is 0 Å². The van der Waals surface area contributed by atoms with Gasteiger partial charge in [0.25, 0.3) is 0 Å². The lowest BCUT2D eigenvalue weighted by molar-refractivity contribution is -0.114. The first-order valence-corrected chi connectivity index (χ1v) is 5.56. The highest BCUT2D eigenvalue weighted by Crippen LogP contribution is 2.26. The third kappa shape index (κ3) is 3.27. The number of benzene rings is 1. The zero-order valence-corrected chi connectivity index (χ0v) is 9.84. The molecule has 0 aliphatic carbocycles. The number of ether oxygens (including phenoxy) is 1. The molecule has 0 bridgehead atoms. The molecule has 1 aromatic rings. The van der Waals surface area contributed by atoms with E-state index in [4.69, 9.17) is 9.84 Å². The van der Waals surface area contributed by atoms with Gasteiger partial charge < -0.3 is 9.84 Å². The summed E-state index contributed by atoms with van der Waals surface area (Å²) in [7, 11) is 1.48. The summed E-state index contributed by atoms with van der Waals surface area (Å²) in [5.41, 5.74) is 0.158. The number of ketones is 1. The number of methoxy groups -OCH3 is 1. The highest BCUT2D eigenvalue weighted by molar-refractivity contribution is 8.00. The predicted molar refractivity (Wildman–Crippen MR) is 61.4 cm³/mol. The van der Waals surface area contributed by atoms with Crippen molar-refractivity contribution < 1.29 is 19.4 Å². The van der Waals surface area contributed by atoms with E-state index in [1.807, 2.05) is 0 Å². The maximum Gasteiger partial charge on any atom is 0.336 e. The Hall–Kier alpha value is -1.49. The van der Waals surface area contributed by atoms with Crippen LogP contribution in [0.25, 0.3) is 0 Å². The molecule has 1 rings (SSSR count). The van der Waals surface area contributed by atoms with E-state index in [9.17, 15) is 9.59 Å². The molecule has 0 aromatic heterocycles. The molecule has 0 spiro atoms. The number of hydrogen-bond donors (Lipinski definition) is 1. The minimum Gasteiger partial charge on any atom is -0.497 e. The van der Waals surface area contributed by atoms with Gasteiger partial charge in [-0.15, -0.1) is 11.8 Å². The third-order valence-corrected chi connectivity index (χ3v) is 3.07. The normalized spacial score (nSPS) is 9.88. The number of thioether (sulfide) groups is 1. The molecular formula is C11H12O4S. The molecule has 0 atom stereocenters. The number of carboxylic acids is 1. The Morgan fingerprint density at radius 1 is 1.44 bits per heavy atom. The highest BCUT2D eigenvalue weighted by atomic mass is 32.2. The summed E-state index contributed by atoms with van der Waals surface area (Å²) in [5.74, 6) is -0.251. The fraction of sp³-hybridized carbons (Fsp3) is 0.273. The Morgan fingerprint density at radius 3 is 2.62 bits per heavy atom. The van der Waals surface area contributed by atoms with E-state index in [1.54, 1.807) is 12.1 Å². The van der Waals surface area contributed by atoms with Crippen LogP contribution in [-0.4, -0.2) is 29.7 Å². The number of rotatable bonds is 5. The van der Waals surface area contributed by atoms with Crippen molar-refractivity contribution in [3.63, 3.8) is 0 Å². The first-order chi connectivity index (χ1) is 7.54. The van der Waals surface area contributed by atoms with Crippen molar-refractivity contribution in [3.05, 3.63) is 23.8 Å². The van der Waals surface area contributed by atoms with E-state index in [0.29, 0.717) is 10.6 Å². The second-order valence-electron chi connectivity index (χ2n) is 3.16. The minimum absolute atomic E-state index is 0.0113. The highest BCUT2D eigenvalue weighted by Gasteiger charge is 2.12. The molecule has 0 aliphatic heterocycles. The summed E-state index contributed by atoms with van der Waals surface area (Å²) < 4.78 is 4.95. The smallest absolute Gasteiger partial charge is 0.336 e. The molecular weight excluding hydrogens is 228 g/mol. The van der Waals surface area contributed by atoms with Crippen molar-refractivity contribution in [2.75, 3.05) is 12.9 Å². The number of Topliss-reactive ketones (excluding diaryl/α,β-unsaturated/α-hetero) is 1. The predicted octanol–water partition coefficient (Wildman–Crippen LogP) is 2.07. The van der Waals surface area contributed by atoms with Crippen LogP contribution in [0.1, 0.15) is 17.3 Å². The zero-order valence-electron chi connectivity index (χ0n) is 9.02. The van der Waals surface area contributed by atoms with E-state index in [1.165, 1.54) is 31.9 Å². The SMILES string of the molecule is COc1ccc(SCC(C)=O)c(C(=O)O)c1. The molecule has 0 heterocycles. The first-order valence-electron chi connectivity index (χ1n) is 4.58. The fourth-order valence-electron chi connectivity index (χ4n) is 1.11. The average molecular weight is 240 g/mol. The van der Waals surface area contributed by atoms with Crippen molar-refractivity contribution in [2.24, 2.45) is 0 Å². The maximum atomic E-state index is 11.0. The van der Waals surface area contributed by atoms with Gasteiger partial charge in [0.15, 0.2) is 0 Å². The van der Waals surface area contributed by atoms with Gasteiger partial charge >= 0.3 is 5.97 Å². The molecule has 86 valence electrons. The first kappa shape index (κ1) is 12.6. The molecule has 4 nitrogen and oxygen atoms in total. The molecule has 0 saturated heterocycles. The van der Waals surface area contributed by atoms with Gasteiger partial charge in [0.1, 0.15) is 11.5 Å². The number of hydrogen-bond acceptors (Lipinski definition) is 4. The number of aromatic carboxylic acids is 1. The third-order valence-electron chi connectivity index (χ3n) is 1.85. The van der Waals surface area contributed by atoms with Gasteiger partial charge in [0.2, 0.25) is 0 Å². The van der Waals surface area contributed by atoms with Crippen molar-refractivity contribution >= 4 is 23.5 Å². The summed E-state index contributed by atoms with van der Waals surface area (Å²) >= 11 is 1.22. The zero-order chi connectivity index (χ0) is 12.1. The summed E-state index contributed by atoms with van der Waals surface area (Å²) in [4.78, 5) is 22.4. The summed E-state index contributed by atoms with van der Waals surface area (Å²) in [5, 5.41) is 9.00. The van der Waals surface area contributed by atoms with Crippen LogP contribution < -0.4 is 4.74 Å². The van der Waals surface area contributed by atoms with Gasteiger partial charge in [0.05, 0.1) is 18.4 Å². The number of carbonyl (C=O) groups is 2. The van der Waals surface area contributed by atoms with E-state index < -0.39 is 5.97 Å². The van der Waals surface area contributed by atoms with Gasteiger partial charge in [-0.05, 0) is 25.1 Å². The van der Waals surface area contributed by atoms with Gasteiger partial charge in [0, 0.05) is 4.90 Å². The molecule has 1 aromatic carbocycles. The quantitative estimate of drug-likeness (QED) is 0.798. The molecule has 0 aliphatic rings. The number of carbonyl (C=O) groups excluding carboxylic acids is 1.